The average Bonchev–Trinajstić information content (AvgIpc) is 2.95. The zero-order valence-electron chi connectivity index (χ0n) is 12.3. The highest BCUT2D eigenvalue weighted by molar-refractivity contribution is 5.92. The molecule has 2 aromatic rings. The first-order valence-electron chi connectivity index (χ1n) is 6.68. The van der Waals surface area contributed by atoms with Gasteiger partial charge in [0.25, 0.3) is 0 Å². The molecule has 108 valence electrons. The minimum atomic E-state index is -0.498. The second kappa shape index (κ2) is 6.23. The number of rotatable bonds is 4. The van der Waals surface area contributed by atoms with Crippen LogP contribution in [0.5, 0.6) is 0 Å². The van der Waals surface area contributed by atoms with Crippen molar-refractivity contribution in [2.75, 3.05) is 7.11 Å². The van der Waals surface area contributed by atoms with E-state index in [1.165, 1.54) is 7.11 Å². The molecule has 0 atom stereocenters. The van der Waals surface area contributed by atoms with Crippen LogP contribution < -0.4 is 0 Å². The summed E-state index contributed by atoms with van der Waals surface area (Å²) in [6, 6.07) is 7.17. The molecular weight excluding hydrogens is 266 g/mol. The Bertz CT molecular complexity index is 696. The number of esters is 1. The van der Waals surface area contributed by atoms with Gasteiger partial charge in [-0.25, -0.2) is 9.78 Å². The molecular formula is C16H17N3O2. The molecule has 1 heterocycles. The van der Waals surface area contributed by atoms with Gasteiger partial charge in [-0.05, 0) is 23.6 Å². The Morgan fingerprint density at radius 2 is 2.24 bits per heavy atom. The molecule has 0 radical (unpaired) electrons. The highest BCUT2D eigenvalue weighted by Crippen LogP contribution is 2.15. The Balaban J connectivity index is 2.28. The van der Waals surface area contributed by atoms with Crippen molar-refractivity contribution in [3.05, 3.63) is 53.1 Å². The molecule has 21 heavy (non-hydrogen) atoms. The number of aromatic nitrogens is 2. The fourth-order valence-corrected chi connectivity index (χ4v) is 2.04. The van der Waals surface area contributed by atoms with E-state index < -0.39 is 5.97 Å². The van der Waals surface area contributed by atoms with Crippen LogP contribution in [0.25, 0.3) is 0 Å². The number of hydrogen-bond donors (Lipinski definition) is 0. The molecule has 0 saturated heterocycles. The normalized spacial score (nSPS) is 10.4. The number of hydrogen-bond acceptors (Lipinski definition) is 4. The lowest BCUT2D eigenvalue weighted by Crippen LogP contribution is -2.06. The SMILES string of the molecule is COC(=O)c1cc(Cn2cnc(C(C)C)c2)ccc1C#N. The van der Waals surface area contributed by atoms with Gasteiger partial charge in [0.2, 0.25) is 0 Å². The fraction of sp³-hybridized carbons (Fsp3) is 0.312. The summed E-state index contributed by atoms with van der Waals surface area (Å²) in [5.41, 5.74) is 2.56. The minimum absolute atomic E-state index is 0.293. The van der Waals surface area contributed by atoms with E-state index in [1.807, 2.05) is 22.9 Å². The van der Waals surface area contributed by atoms with Crippen LogP contribution in [0.15, 0.2) is 30.7 Å². The Labute approximate surface area is 123 Å². The van der Waals surface area contributed by atoms with Crippen LogP contribution in [-0.4, -0.2) is 22.6 Å². The molecule has 0 unspecified atom stereocenters. The first-order valence-corrected chi connectivity index (χ1v) is 6.68. The Kier molecular flexibility index (Phi) is 4.39. The van der Waals surface area contributed by atoms with Gasteiger partial charge in [-0.3, -0.25) is 0 Å². The van der Waals surface area contributed by atoms with Crippen molar-refractivity contribution in [3.8, 4) is 6.07 Å². The summed E-state index contributed by atoms with van der Waals surface area (Å²) in [5, 5.41) is 9.03. The number of methoxy groups -OCH3 is 1. The summed E-state index contributed by atoms with van der Waals surface area (Å²) >= 11 is 0. The second-order valence-corrected chi connectivity index (χ2v) is 5.11. The van der Waals surface area contributed by atoms with Crippen molar-refractivity contribution < 1.29 is 9.53 Å². The first kappa shape index (κ1) is 14.8. The Morgan fingerprint density at radius 3 is 2.81 bits per heavy atom. The van der Waals surface area contributed by atoms with Crippen molar-refractivity contribution in [1.29, 1.82) is 5.26 Å². The molecule has 0 N–H and O–H groups in total. The topological polar surface area (TPSA) is 67.9 Å². The number of ether oxygens (including phenoxy) is 1. The molecule has 0 aliphatic carbocycles. The van der Waals surface area contributed by atoms with Gasteiger partial charge in [0.05, 0.1) is 30.3 Å². The monoisotopic (exact) mass is 283 g/mol. The molecule has 5 nitrogen and oxygen atoms in total. The van der Waals surface area contributed by atoms with E-state index in [4.69, 9.17) is 10.00 Å². The predicted molar refractivity (Wildman–Crippen MR) is 77.9 cm³/mol. The third-order valence-corrected chi connectivity index (χ3v) is 3.22. The van der Waals surface area contributed by atoms with Gasteiger partial charge in [0.15, 0.2) is 0 Å². The molecule has 0 amide bonds. The zero-order valence-corrected chi connectivity index (χ0v) is 12.3. The Morgan fingerprint density at radius 1 is 1.48 bits per heavy atom. The van der Waals surface area contributed by atoms with Gasteiger partial charge in [0, 0.05) is 12.7 Å². The fourth-order valence-electron chi connectivity index (χ4n) is 2.04. The van der Waals surface area contributed by atoms with Gasteiger partial charge < -0.3 is 9.30 Å². The summed E-state index contributed by atoms with van der Waals surface area (Å²) in [4.78, 5) is 16.0. The molecule has 0 fully saturated rings. The summed E-state index contributed by atoms with van der Waals surface area (Å²) < 4.78 is 6.67. The van der Waals surface area contributed by atoms with E-state index in [0.29, 0.717) is 23.6 Å². The smallest absolute Gasteiger partial charge is 0.339 e. The predicted octanol–water partition coefficient (Wildman–Crippen LogP) is 2.71. The molecule has 5 heteroatoms. The van der Waals surface area contributed by atoms with Crippen LogP contribution >= 0.6 is 0 Å². The highest BCUT2D eigenvalue weighted by Gasteiger charge is 2.13. The van der Waals surface area contributed by atoms with Gasteiger partial charge >= 0.3 is 5.97 Å². The molecule has 1 aromatic carbocycles. The van der Waals surface area contributed by atoms with Crippen LogP contribution in [0.2, 0.25) is 0 Å². The molecule has 0 saturated carbocycles. The summed E-state index contributed by atoms with van der Waals surface area (Å²) in [6.07, 6.45) is 3.76. The van der Waals surface area contributed by atoms with E-state index in [9.17, 15) is 4.79 Å². The molecule has 0 aliphatic rings. The van der Waals surface area contributed by atoms with Crippen LogP contribution in [0.4, 0.5) is 0 Å². The molecule has 2 rings (SSSR count). The lowest BCUT2D eigenvalue weighted by Gasteiger charge is -2.07. The molecule has 1 aromatic heterocycles. The lowest BCUT2D eigenvalue weighted by atomic mass is 10.0. The summed E-state index contributed by atoms with van der Waals surface area (Å²) in [6.45, 7) is 4.77. The zero-order chi connectivity index (χ0) is 15.4. The average molecular weight is 283 g/mol. The van der Waals surface area contributed by atoms with Gasteiger partial charge in [-0.2, -0.15) is 5.26 Å². The highest BCUT2D eigenvalue weighted by atomic mass is 16.5. The molecule has 0 aliphatic heterocycles. The van der Waals surface area contributed by atoms with Crippen molar-refractivity contribution >= 4 is 5.97 Å². The van der Waals surface area contributed by atoms with Crippen molar-refractivity contribution in [2.24, 2.45) is 0 Å². The van der Waals surface area contributed by atoms with Crippen molar-refractivity contribution in [3.63, 3.8) is 0 Å². The number of imidazole rings is 1. The third kappa shape index (κ3) is 3.29. The van der Waals surface area contributed by atoms with Crippen LogP contribution in [0.1, 0.15) is 46.9 Å². The van der Waals surface area contributed by atoms with Gasteiger partial charge in [0.1, 0.15) is 6.07 Å². The molecule has 0 bridgehead atoms. The second-order valence-electron chi connectivity index (χ2n) is 5.11. The van der Waals surface area contributed by atoms with E-state index in [0.717, 1.165) is 11.3 Å². The van der Waals surface area contributed by atoms with E-state index in [-0.39, 0.29) is 0 Å². The standard InChI is InChI=1S/C16H17N3O2/c1-11(2)15-9-19(10-18-15)8-12-4-5-13(7-17)14(6-12)16(20)21-3/h4-6,9-11H,8H2,1-3H3. The lowest BCUT2D eigenvalue weighted by molar-refractivity contribution is 0.0600. The Hall–Kier alpha value is -2.61. The van der Waals surface area contributed by atoms with E-state index in [2.05, 4.69) is 18.8 Å². The van der Waals surface area contributed by atoms with E-state index in [1.54, 1.807) is 18.5 Å². The largest absolute Gasteiger partial charge is 0.465 e. The van der Waals surface area contributed by atoms with Gasteiger partial charge in [-0.1, -0.05) is 19.9 Å². The van der Waals surface area contributed by atoms with Crippen molar-refractivity contribution in [1.82, 2.24) is 9.55 Å². The maximum atomic E-state index is 11.7. The maximum Gasteiger partial charge on any atom is 0.339 e. The van der Waals surface area contributed by atoms with Crippen LogP contribution in [0.3, 0.4) is 0 Å². The quantitative estimate of drug-likeness (QED) is 0.809. The van der Waals surface area contributed by atoms with Crippen molar-refractivity contribution in [2.45, 2.75) is 26.3 Å². The number of benzene rings is 1. The number of nitrogens with zero attached hydrogens (tertiary/aromatic N) is 3. The number of carbonyl (C=O) groups excluding carboxylic acids is 1. The molecule has 0 spiro atoms. The summed E-state index contributed by atoms with van der Waals surface area (Å²) in [5.74, 6) is -0.125. The van der Waals surface area contributed by atoms with Crippen LogP contribution in [-0.2, 0) is 11.3 Å². The van der Waals surface area contributed by atoms with E-state index >= 15 is 0 Å². The van der Waals surface area contributed by atoms with Crippen LogP contribution in [0, 0.1) is 11.3 Å². The first-order chi connectivity index (χ1) is 10.0. The van der Waals surface area contributed by atoms with Gasteiger partial charge in [-0.15, -0.1) is 0 Å². The minimum Gasteiger partial charge on any atom is -0.465 e. The number of nitriles is 1. The summed E-state index contributed by atoms with van der Waals surface area (Å²) in [7, 11) is 1.31. The number of carbonyl (C=O) groups is 1. The third-order valence-electron chi connectivity index (χ3n) is 3.22. The maximum absolute atomic E-state index is 11.7.